The van der Waals surface area contributed by atoms with E-state index in [4.69, 9.17) is 4.42 Å². The van der Waals surface area contributed by atoms with Crippen molar-refractivity contribution in [2.45, 2.75) is 19.5 Å². The topological polar surface area (TPSA) is 53.7 Å². The van der Waals surface area contributed by atoms with Crippen LogP contribution in [0.2, 0.25) is 0 Å². The zero-order chi connectivity index (χ0) is 19.0. The van der Waals surface area contributed by atoms with Crippen LogP contribution in [0.25, 0.3) is 5.57 Å². The van der Waals surface area contributed by atoms with Gasteiger partial charge < -0.3 is 14.4 Å². The predicted molar refractivity (Wildman–Crippen MR) is 99.1 cm³/mol. The Morgan fingerprint density at radius 2 is 1.81 bits per heavy atom. The van der Waals surface area contributed by atoms with Crippen molar-refractivity contribution in [3.63, 3.8) is 0 Å². The second kappa shape index (κ2) is 6.76. The maximum Gasteiger partial charge on any atom is 0.290 e. The number of aryl methyl sites for hydroxylation is 1. The Hall–Kier alpha value is -3.34. The third-order valence-electron chi connectivity index (χ3n) is 4.77. The van der Waals surface area contributed by atoms with Gasteiger partial charge in [0.15, 0.2) is 5.76 Å². The van der Waals surface area contributed by atoms with E-state index in [1.165, 1.54) is 17.2 Å². The van der Waals surface area contributed by atoms with Gasteiger partial charge in [-0.05, 0) is 30.7 Å². The Kier molecular flexibility index (Phi) is 4.28. The molecule has 1 aliphatic rings. The average Bonchev–Trinajstić information content (AvgIpc) is 3.26. The fraction of sp³-hybridized carbons (Fsp3) is 0.136. The number of halogens is 1. The molecule has 1 N–H and O–H groups in total. The van der Waals surface area contributed by atoms with E-state index in [-0.39, 0.29) is 12.3 Å². The summed E-state index contributed by atoms with van der Waals surface area (Å²) in [5.41, 5.74) is 2.47. The first-order chi connectivity index (χ1) is 13.1. The van der Waals surface area contributed by atoms with Crippen molar-refractivity contribution in [1.82, 2.24) is 4.90 Å². The van der Waals surface area contributed by atoms with Crippen LogP contribution in [0.5, 0.6) is 0 Å². The molecule has 0 saturated carbocycles. The highest BCUT2D eigenvalue weighted by Gasteiger charge is 2.42. The lowest BCUT2D eigenvalue weighted by Gasteiger charge is -2.27. The molecule has 0 bridgehead atoms. The number of benzene rings is 2. The molecule has 1 atom stereocenters. The van der Waals surface area contributed by atoms with Crippen molar-refractivity contribution in [3.05, 3.63) is 101 Å². The first kappa shape index (κ1) is 17.1. The molecule has 1 aliphatic heterocycles. The molecule has 5 heteroatoms. The molecule has 136 valence electrons. The molecule has 1 aromatic heterocycles. The second-order valence-corrected chi connectivity index (χ2v) is 6.56. The molecule has 0 saturated heterocycles. The zero-order valence-electron chi connectivity index (χ0n) is 14.7. The highest BCUT2D eigenvalue weighted by Crippen LogP contribution is 2.44. The molecule has 4 rings (SSSR count). The Labute approximate surface area is 156 Å². The standard InChI is InChI=1S/C22H18FNO3/c1-14-8-10-15(11-9-14)19-20(17-6-2-3-7-18(17)23)24(22(26)21(19)25)13-16-5-4-12-27-16/h2-12,20,25H,13H2,1H3. The van der Waals surface area contributed by atoms with Gasteiger partial charge in [0.05, 0.1) is 18.8 Å². The van der Waals surface area contributed by atoms with Crippen LogP contribution < -0.4 is 0 Å². The van der Waals surface area contributed by atoms with Crippen LogP contribution in [-0.2, 0) is 11.3 Å². The number of aliphatic hydroxyl groups is 1. The largest absolute Gasteiger partial charge is 0.503 e. The molecule has 2 heterocycles. The minimum atomic E-state index is -0.744. The highest BCUT2D eigenvalue weighted by atomic mass is 19.1. The summed E-state index contributed by atoms with van der Waals surface area (Å²) in [4.78, 5) is 14.3. The van der Waals surface area contributed by atoms with Crippen LogP contribution in [0.15, 0.2) is 77.1 Å². The fourth-order valence-corrected chi connectivity index (χ4v) is 3.44. The number of nitrogens with zero attached hydrogens (tertiary/aromatic N) is 1. The van der Waals surface area contributed by atoms with Crippen LogP contribution in [0.3, 0.4) is 0 Å². The number of amides is 1. The summed E-state index contributed by atoms with van der Waals surface area (Å²) in [7, 11) is 0. The lowest BCUT2D eigenvalue weighted by Crippen LogP contribution is -2.30. The number of rotatable bonds is 4. The third-order valence-corrected chi connectivity index (χ3v) is 4.77. The van der Waals surface area contributed by atoms with Gasteiger partial charge in [0, 0.05) is 11.1 Å². The van der Waals surface area contributed by atoms with E-state index in [1.54, 1.807) is 30.3 Å². The van der Waals surface area contributed by atoms with Crippen molar-refractivity contribution in [2.24, 2.45) is 0 Å². The summed E-state index contributed by atoms with van der Waals surface area (Å²) in [6, 6.07) is 16.5. The van der Waals surface area contributed by atoms with E-state index in [1.807, 2.05) is 31.2 Å². The van der Waals surface area contributed by atoms with Crippen molar-refractivity contribution in [1.29, 1.82) is 0 Å². The minimum Gasteiger partial charge on any atom is -0.503 e. The van der Waals surface area contributed by atoms with E-state index in [0.717, 1.165) is 5.56 Å². The van der Waals surface area contributed by atoms with Gasteiger partial charge in [-0.1, -0.05) is 48.0 Å². The molecule has 1 unspecified atom stereocenters. The van der Waals surface area contributed by atoms with E-state index in [0.29, 0.717) is 22.5 Å². The van der Waals surface area contributed by atoms with Crippen LogP contribution in [0.4, 0.5) is 4.39 Å². The fourth-order valence-electron chi connectivity index (χ4n) is 3.44. The lowest BCUT2D eigenvalue weighted by molar-refractivity contribution is -0.130. The maximum absolute atomic E-state index is 14.6. The molecule has 1 amide bonds. The van der Waals surface area contributed by atoms with Gasteiger partial charge in [0.1, 0.15) is 11.6 Å². The third kappa shape index (κ3) is 3.01. The molecule has 4 nitrogen and oxygen atoms in total. The highest BCUT2D eigenvalue weighted by molar-refractivity contribution is 6.05. The molecule has 0 fully saturated rings. The molecular formula is C22H18FNO3. The molecule has 3 aromatic rings. The van der Waals surface area contributed by atoms with E-state index < -0.39 is 17.8 Å². The molecule has 27 heavy (non-hydrogen) atoms. The number of carbonyl (C=O) groups is 1. The normalized spacial score (nSPS) is 17.0. The SMILES string of the molecule is Cc1ccc(C2=C(O)C(=O)N(Cc3ccco3)C2c2ccccc2F)cc1. The first-order valence-electron chi connectivity index (χ1n) is 8.64. The second-order valence-electron chi connectivity index (χ2n) is 6.56. The summed E-state index contributed by atoms with van der Waals surface area (Å²) < 4.78 is 20.0. The molecule has 2 aromatic carbocycles. The van der Waals surface area contributed by atoms with E-state index in [2.05, 4.69) is 0 Å². The van der Waals surface area contributed by atoms with Gasteiger partial charge in [-0.3, -0.25) is 4.79 Å². The summed E-state index contributed by atoms with van der Waals surface area (Å²) >= 11 is 0. The molecule has 0 radical (unpaired) electrons. The molecule has 0 spiro atoms. The summed E-state index contributed by atoms with van der Waals surface area (Å²) in [6.07, 6.45) is 1.52. The Morgan fingerprint density at radius 1 is 1.07 bits per heavy atom. The molecule has 0 aliphatic carbocycles. The summed E-state index contributed by atoms with van der Waals surface area (Å²) in [6.45, 7) is 2.08. The summed E-state index contributed by atoms with van der Waals surface area (Å²) in [5, 5.41) is 10.6. The van der Waals surface area contributed by atoms with Gasteiger partial charge in [0.25, 0.3) is 5.91 Å². The number of furan rings is 1. The Balaban J connectivity index is 1.85. The smallest absolute Gasteiger partial charge is 0.290 e. The number of hydrogen-bond acceptors (Lipinski definition) is 3. The van der Waals surface area contributed by atoms with Crippen LogP contribution in [0, 0.1) is 12.7 Å². The predicted octanol–water partition coefficient (Wildman–Crippen LogP) is 4.78. The van der Waals surface area contributed by atoms with E-state index in [9.17, 15) is 14.3 Å². The maximum atomic E-state index is 14.6. The van der Waals surface area contributed by atoms with Crippen LogP contribution in [0.1, 0.15) is 28.5 Å². The van der Waals surface area contributed by atoms with Gasteiger partial charge >= 0.3 is 0 Å². The lowest BCUT2D eigenvalue weighted by atomic mass is 9.92. The van der Waals surface area contributed by atoms with Crippen LogP contribution >= 0.6 is 0 Å². The average molecular weight is 363 g/mol. The molecular weight excluding hydrogens is 345 g/mol. The van der Waals surface area contributed by atoms with Crippen LogP contribution in [-0.4, -0.2) is 15.9 Å². The van der Waals surface area contributed by atoms with Crippen molar-refractivity contribution >= 4 is 11.5 Å². The minimum absolute atomic E-state index is 0.129. The zero-order valence-corrected chi connectivity index (χ0v) is 14.7. The van der Waals surface area contributed by atoms with Gasteiger partial charge in [-0.25, -0.2) is 4.39 Å². The quantitative estimate of drug-likeness (QED) is 0.726. The monoisotopic (exact) mass is 363 g/mol. The van der Waals surface area contributed by atoms with E-state index >= 15 is 0 Å². The number of aliphatic hydroxyl groups excluding tert-OH is 1. The van der Waals surface area contributed by atoms with Gasteiger partial charge in [-0.15, -0.1) is 0 Å². The van der Waals surface area contributed by atoms with Gasteiger partial charge in [-0.2, -0.15) is 0 Å². The number of carbonyl (C=O) groups excluding carboxylic acids is 1. The van der Waals surface area contributed by atoms with Gasteiger partial charge in [0.2, 0.25) is 0 Å². The van der Waals surface area contributed by atoms with Crippen molar-refractivity contribution in [2.75, 3.05) is 0 Å². The van der Waals surface area contributed by atoms with Crippen molar-refractivity contribution < 1.29 is 18.7 Å². The van der Waals surface area contributed by atoms with Crippen molar-refractivity contribution in [3.8, 4) is 0 Å². The Morgan fingerprint density at radius 3 is 2.48 bits per heavy atom. The number of hydrogen-bond donors (Lipinski definition) is 1. The summed E-state index contributed by atoms with van der Waals surface area (Å²) in [5.74, 6) is -0.782. The Bertz CT molecular complexity index is 1010. The first-order valence-corrected chi connectivity index (χ1v) is 8.64.